The zero-order chi connectivity index (χ0) is 16.9. The Hall–Kier alpha value is -3.00. The van der Waals surface area contributed by atoms with Gasteiger partial charge in [0.15, 0.2) is 0 Å². The molecule has 124 valence electrons. The number of rotatable bonds is 4. The molecular formula is C16H16N4O4. The molecule has 0 atom stereocenters. The molecule has 0 aliphatic carbocycles. The minimum absolute atomic E-state index is 0.0754. The summed E-state index contributed by atoms with van der Waals surface area (Å²) in [6.07, 6.45) is 1.50. The van der Waals surface area contributed by atoms with E-state index in [-0.39, 0.29) is 11.6 Å². The fourth-order valence-electron chi connectivity index (χ4n) is 2.40. The second kappa shape index (κ2) is 7.05. The Morgan fingerprint density at radius 1 is 1.25 bits per heavy atom. The molecule has 1 aliphatic rings. The molecule has 0 bridgehead atoms. The van der Waals surface area contributed by atoms with E-state index in [0.717, 1.165) is 18.9 Å². The summed E-state index contributed by atoms with van der Waals surface area (Å²) in [5.41, 5.74) is 0.679. The van der Waals surface area contributed by atoms with Crippen LogP contribution in [0.1, 0.15) is 10.4 Å². The zero-order valence-electron chi connectivity index (χ0n) is 12.8. The van der Waals surface area contributed by atoms with Gasteiger partial charge in [-0.3, -0.25) is 14.9 Å². The Morgan fingerprint density at radius 2 is 2.04 bits per heavy atom. The molecule has 0 saturated carbocycles. The van der Waals surface area contributed by atoms with Crippen molar-refractivity contribution in [2.24, 2.45) is 0 Å². The minimum atomic E-state index is -0.506. The number of pyridine rings is 1. The lowest BCUT2D eigenvalue weighted by molar-refractivity contribution is -0.384. The molecule has 8 heteroatoms. The molecule has 1 aromatic carbocycles. The van der Waals surface area contributed by atoms with Crippen molar-refractivity contribution in [2.75, 3.05) is 36.5 Å². The third kappa shape index (κ3) is 3.66. The smallest absolute Gasteiger partial charge is 0.271 e. The molecular weight excluding hydrogens is 312 g/mol. The number of non-ortho nitro benzene ring substituents is 1. The van der Waals surface area contributed by atoms with Crippen molar-refractivity contribution in [3.8, 4) is 0 Å². The summed E-state index contributed by atoms with van der Waals surface area (Å²) in [5.74, 6) is 0.432. The van der Waals surface area contributed by atoms with Crippen molar-refractivity contribution in [3.63, 3.8) is 0 Å². The highest BCUT2D eigenvalue weighted by molar-refractivity contribution is 6.04. The average molecular weight is 328 g/mol. The molecule has 0 unspecified atom stereocenters. The number of hydrogen-bond acceptors (Lipinski definition) is 6. The van der Waals surface area contributed by atoms with Gasteiger partial charge in [0, 0.05) is 37.1 Å². The summed E-state index contributed by atoms with van der Waals surface area (Å²) in [7, 11) is 0. The lowest BCUT2D eigenvalue weighted by Gasteiger charge is -2.27. The van der Waals surface area contributed by atoms with E-state index in [1.807, 2.05) is 0 Å². The standard InChI is InChI=1S/C16H16N4O4/c21-16(18-13-2-1-3-14(10-13)20(22)23)12-4-5-15(17-11-12)19-6-8-24-9-7-19/h1-5,10-11H,6-9H2,(H,18,21). The summed E-state index contributed by atoms with van der Waals surface area (Å²) < 4.78 is 5.29. The first kappa shape index (κ1) is 15.9. The van der Waals surface area contributed by atoms with Crippen LogP contribution in [0.15, 0.2) is 42.6 Å². The number of morpholine rings is 1. The second-order valence-electron chi connectivity index (χ2n) is 5.27. The SMILES string of the molecule is O=C(Nc1cccc([N+](=O)[O-])c1)c1ccc(N2CCOCC2)nc1. The normalized spacial score (nSPS) is 14.2. The number of carbonyl (C=O) groups is 1. The summed E-state index contributed by atoms with van der Waals surface area (Å²) >= 11 is 0. The number of anilines is 2. The van der Waals surface area contributed by atoms with Crippen molar-refractivity contribution in [3.05, 3.63) is 58.3 Å². The third-order valence-corrected chi connectivity index (χ3v) is 3.66. The number of aromatic nitrogens is 1. The van der Waals surface area contributed by atoms with Crippen LogP contribution >= 0.6 is 0 Å². The Labute approximate surface area is 138 Å². The summed E-state index contributed by atoms with van der Waals surface area (Å²) in [6, 6.07) is 9.27. The average Bonchev–Trinajstić information content (AvgIpc) is 2.63. The molecule has 8 nitrogen and oxygen atoms in total. The van der Waals surface area contributed by atoms with Gasteiger partial charge in [-0.25, -0.2) is 4.98 Å². The quantitative estimate of drug-likeness (QED) is 0.681. The number of ether oxygens (including phenoxy) is 1. The highest BCUT2D eigenvalue weighted by Crippen LogP contribution is 2.18. The van der Waals surface area contributed by atoms with Crippen LogP contribution in [0.5, 0.6) is 0 Å². The number of nitro benzene ring substituents is 1. The lowest BCUT2D eigenvalue weighted by Crippen LogP contribution is -2.36. The summed E-state index contributed by atoms with van der Waals surface area (Å²) in [5, 5.41) is 13.4. The highest BCUT2D eigenvalue weighted by atomic mass is 16.6. The van der Waals surface area contributed by atoms with E-state index in [9.17, 15) is 14.9 Å². The van der Waals surface area contributed by atoms with Gasteiger partial charge in [-0.2, -0.15) is 0 Å². The van der Waals surface area contributed by atoms with Crippen LogP contribution in [0, 0.1) is 10.1 Å². The van der Waals surface area contributed by atoms with E-state index in [2.05, 4.69) is 15.2 Å². The van der Waals surface area contributed by atoms with Crippen LogP contribution in [0.2, 0.25) is 0 Å². The van der Waals surface area contributed by atoms with Crippen molar-refractivity contribution in [2.45, 2.75) is 0 Å². The van der Waals surface area contributed by atoms with Crippen LogP contribution in [0.25, 0.3) is 0 Å². The van der Waals surface area contributed by atoms with Crippen LogP contribution < -0.4 is 10.2 Å². The monoisotopic (exact) mass is 328 g/mol. The van der Waals surface area contributed by atoms with E-state index in [0.29, 0.717) is 24.5 Å². The first-order chi connectivity index (χ1) is 11.6. The summed E-state index contributed by atoms with van der Waals surface area (Å²) in [4.78, 5) is 28.9. The second-order valence-corrected chi connectivity index (χ2v) is 5.27. The molecule has 1 aromatic heterocycles. The molecule has 0 spiro atoms. The fraction of sp³-hybridized carbons (Fsp3) is 0.250. The van der Waals surface area contributed by atoms with Crippen molar-refractivity contribution >= 4 is 23.1 Å². The predicted molar refractivity (Wildman–Crippen MR) is 88.3 cm³/mol. The van der Waals surface area contributed by atoms with E-state index in [4.69, 9.17) is 4.74 Å². The first-order valence-corrected chi connectivity index (χ1v) is 7.48. The molecule has 1 aliphatic heterocycles. The van der Waals surface area contributed by atoms with Gasteiger partial charge in [-0.15, -0.1) is 0 Å². The van der Waals surface area contributed by atoms with Crippen molar-refractivity contribution in [1.29, 1.82) is 0 Å². The van der Waals surface area contributed by atoms with Gasteiger partial charge >= 0.3 is 0 Å². The third-order valence-electron chi connectivity index (χ3n) is 3.66. The molecule has 3 rings (SSSR count). The predicted octanol–water partition coefficient (Wildman–Crippen LogP) is 2.08. The Bertz CT molecular complexity index is 742. The van der Waals surface area contributed by atoms with Gasteiger partial charge in [0.05, 0.1) is 23.7 Å². The van der Waals surface area contributed by atoms with Crippen LogP contribution in [0.4, 0.5) is 17.2 Å². The van der Waals surface area contributed by atoms with E-state index in [1.54, 1.807) is 18.2 Å². The Kier molecular flexibility index (Phi) is 4.66. The molecule has 1 N–H and O–H groups in total. The molecule has 1 amide bonds. The van der Waals surface area contributed by atoms with Gasteiger partial charge in [-0.1, -0.05) is 6.07 Å². The lowest BCUT2D eigenvalue weighted by atomic mass is 10.2. The maximum atomic E-state index is 12.2. The number of benzene rings is 1. The molecule has 2 aromatic rings. The molecule has 1 saturated heterocycles. The molecule has 1 fully saturated rings. The van der Waals surface area contributed by atoms with Gasteiger partial charge < -0.3 is 15.0 Å². The van der Waals surface area contributed by atoms with Gasteiger partial charge in [0.25, 0.3) is 11.6 Å². The summed E-state index contributed by atoms with van der Waals surface area (Å²) in [6.45, 7) is 2.87. The number of nitro groups is 1. The van der Waals surface area contributed by atoms with Crippen LogP contribution in [-0.4, -0.2) is 42.1 Å². The zero-order valence-corrected chi connectivity index (χ0v) is 12.8. The maximum Gasteiger partial charge on any atom is 0.271 e. The number of carbonyl (C=O) groups excluding carboxylic acids is 1. The van der Waals surface area contributed by atoms with E-state index >= 15 is 0 Å². The molecule has 2 heterocycles. The highest BCUT2D eigenvalue weighted by Gasteiger charge is 2.14. The van der Waals surface area contributed by atoms with Crippen molar-refractivity contribution < 1.29 is 14.5 Å². The Morgan fingerprint density at radius 3 is 2.71 bits per heavy atom. The fourth-order valence-corrected chi connectivity index (χ4v) is 2.40. The van der Waals surface area contributed by atoms with E-state index in [1.165, 1.54) is 24.4 Å². The number of nitrogens with one attached hydrogen (secondary N) is 1. The first-order valence-electron chi connectivity index (χ1n) is 7.48. The number of amides is 1. The Balaban J connectivity index is 1.68. The van der Waals surface area contributed by atoms with Crippen LogP contribution in [0.3, 0.4) is 0 Å². The minimum Gasteiger partial charge on any atom is -0.378 e. The van der Waals surface area contributed by atoms with Crippen molar-refractivity contribution in [1.82, 2.24) is 4.98 Å². The largest absolute Gasteiger partial charge is 0.378 e. The number of hydrogen-bond donors (Lipinski definition) is 1. The topological polar surface area (TPSA) is 97.6 Å². The molecule has 0 radical (unpaired) electrons. The van der Waals surface area contributed by atoms with Gasteiger partial charge in [0.1, 0.15) is 5.82 Å². The number of nitrogens with zero attached hydrogens (tertiary/aromatic N) is 3. The van der Waals surface area contributed by atoms with Gasteiger partial charge in [-0.05, 0) is 18.2 Å². The maximum absolute atomic E-state index is 12.2. The van der Waals surface area contributed by atoms with E-state index < -0.39 is 4.92 Å². The molecule has 24 heavy (non-hydrogen) atoms. The van der Waals surface area contributed by atoms with Crippen LogP contribution in [-0.2, 0) is 4.74 Å². The van der Waals surface area contributed by atoms with Gasteiger partial charge in [0.2, 0.25) is 0 Å².